The first-order valence-corrected chi connectivity index (χ1v) is 9.49. The summed E-state index contributed by atoms with van der Waals surface area (Å²) in [7, 11) is 1.63. The topological polar surface area (TPSA) is 89.2 Å². The molecule has 144 valence electrons. The summed E-state index contributed by atoms with van der Waals surface area (Å²) in [6.45, 7) is 3.95. The molecule has 0 spiro atoms. The molecule has 4 heterocycles. The molecule has 3 aromatic heterocycles. The van der Waals surface area contributed by atoms with E-state index in [9.17, 15) is 4.79 Å². The van der Waals surface area contributed by atoms with E-state index >= 15 is 0 Å². The van der Waals surface area contributed by atoms with Crippen LogP contribution in [-0.4, -0.2) is 44.3 Å². The van der Waals surface area contributed by atoms with E-state index in [0.29, 0.717) is 11.4 Å². The van der Waals surface area contributed by atoms with Gasteiger partial charge in [0, 0.05) is 17.8 Å². The van der Waals surface area contributed by atoms with E-state index in [-0.39, 0.29) is 11.7 Å². The van der Waals surface area contributed by atoms with Gasteiger partial charge in [-0.1, -0.05) is 0 Å². The summed E-state index contributed by atoms with van der Waals surface area (Å²) < 4.78 is 9.12. The zero-order chi connectivity index (χ0) is 19.3. The van der Waals surface area contributed by atoms with E-state index in [0.717, 1.165) is 53.7 Å². The molecule has 8 nitrogen and oxygen atoms in total. The third kappa shape index (κ3) is 2.60. The van der Waals surface area contributed by atoms with Crippen LogP contribution >= 0.6 is 0 Å². The number of aryl methyl sites for hydroxylation is 1. The number of hydrogen-bond donors (Lipinski definition) is 2. The number of rotatable bonds is 3. The van der Waals surface area contributed by atoms with E-state index in [1.165, 1.54) is 6.33 Å². The minimum absolute atomic E-state index is 0.0391. The Balaban J connectivity index is 1.67. The number of aromatic nitrogens is 5. The van der Waals surface area contributed by atoms with Crippen LogP contribution in [0.5, 0.6) is 5.75 Å². The van der Waals surface area contributed by atoms with Crippen molar-refractivity contribution in [3.63, 3.8) is 0 Å². The maximum absolute atomic E-state index is 12.7. The highest BCUT2D eigenvalue weighted by atomic mass is 16.5. The largest absolute Gasteiger partial charge is 0.493 e. The zero-order valence-corrected chi connectivity index (χ0v) is 15.9. The van der Waals surface area contributed by atoms with Gasteiger partial charge in [0.15, 0.2) is 11.4 Å². The van der Waals surface area contributed by atoms with Gasteiger partial charge in [0.05, 0.1) is 18.1 Å². The van der Waals surface area contributed by atoms with Crippen molar-refractivity contribution in [2.45, 2.75) is 25.8 Å². The molecule has 4 aromatic rings. The molecular weight excluding hydrogens is 356 g/mol. The number of aromatic amines is 1. The predicted molar refractivity (Wildman–Crippen MR) is 107 cm³/mol. The molecule has 1 fully saturated rings. The Hall–Kier alpha value is -3.13. The van der Waals surface area contributed by atoms with E-state index in [2.05, 4.69) is 33.4 Å². The summed E-state index contributed by atoms with van der Waals surface area (Å²) in [4.78, 5) is 20.0. The summed E-state index contributed by atoms with van der Waals surface area (Å²) in [5.41, 5.74) is 5.54. The number of nitrogens with zero attached hydrogens (tertiary/aromatic N) is 4. The van der Waals surface area contributed by atoms with Crippen LogP contribution < -0.4 is 15.7 Å². The van der Waals surface area contributed by atoms with Gasteiger partial charge in [-0.05, 0) is 62.2 Å². The molecule has 28 heavy (non-hydrogen) atoms. The molecule has 2 N–H and O–H groups in total. The average molecular weight is 378 g/mol. The third-order valence-corrected chi connectivity index (χ3v) is 5.61. The lowest BCUT2D eigenvalue weighted by molar-refractivity contribution is 0.368. The Bertz CT molecular complexity index is 1230. The average Bonchev–Trinajstić information content (AvgIpc) is 3.30. The maximum atomic E-state index is 12.7. The van der Waals surface area contributed by atoms with Gasteiger partial charge in [-0.2, -0.15) is 5.10 Å². The van der Waals surface area contributed by atoms with Crippen molar-refractivity contribution >= 4 is 16.7 Å². The number of nitrogens with one attached hydrogen (secondary N) is 2. The minimum Gasteiger partial charge on any atom is -0.493 e. The monoisotopic (exact) mass is 378 g/mol. The maximum Gasteiger partial charge on any atom is 0.326 e. The summed E-state index contributed by atoms with van der Waals surface area (Å²) in [6.07, 6.45) is 5.37. The van der Waals surface area contributed by atoms with Crippen LogP contribution in [0.4, 0.5) is 0 Å². The van der Waals surface area contributed by atoms with Gasteiger partial charge in [0.2, 0.25) is 0 Å². The number of piperidine rings is 1. The Kier molecular flexibility index (Phi) is 3.94. The summed E-state index contributed by atoms with van der Waals surface area (Å²) in [5, 5.41) is 7.60. The van der Waals surface area contributed by atoms with Crippen molar-refractivity contribution in [2.75, 3.05) is 20.2 Å². The lowest BCUT2D eigenvalue weighted by atomic mass is 10.0. The zero-order valence-electron chi connectivity index (χ0n) is 15.9. The van der Waals surface area contributed by atoms with Gasteiger partial charge in [-0.15, -0.1) is 0 Å². The molecule has 0 bridgehead atoms. The molecule has 1 aliphatic rings. The number of hydrogen-bond acceptors (Lipinski definition) is 5. The fourth-order valence-electron chi connectivity index (χ4n) is 4.21. The number of imidazole rings is 1. The Morgan fingerprint density at radius 3 is 2.82 bits per heavy atom. The highest BCUT2D eigenvalue weighted by Crippen LogP contribution is 2.32. The van der Waals surface area contributed by atoms with E-state index in [4.69, 9.17) is 4.74 Å². The number of benzene rings is 1. The van der Waals surface area contributed by atoms with Crippen molar-refractivity contribution in [3.05, 3.63) is 46.8 Å². The standard InChI is InChI=1S/C20H22N6O2/c1-12-7-17-16(24-20(27)26(17)14-3-5-21-6-4-14)9-15(12)13-8-18(28-2)19-22-11-23-25(19)10-13/h7-11,14,21H,3-6H2,1-2H3,(H,24,27). The number of methoxy groups -OCH3 is 1. The number of pyridine rings is 1. The molecule has 0 atom stereocenters. The normalized spacial score (nSPS) is 15.5. The lowest BCUT2D eigenvalue weighted by Crippen LogP contribution is -2.33. The molecule has 1 aromatic carbocycles. The minimum atomic E-state index is -0.0391. The number of H-pyrrole nitrogens is 1. The second-order valence-corrected chi connectivity index (χ2v) is 7.29. The fraction of sp³-hybridized carbons (Fsp3) is 0.350. The highest BCUT2D eigenvalue weighted by Gasteiger charge is 2.21. The predicted octanol–water partition coefficient (Wildman–Crippen LogP) is 2.28. The van der Waals surface area contributed by atoms with Crippen LogP contribution in [0, 0.1) is 6.92 Å². The van der Waals surface area contributed by atoms with Crippen molar-refractivity contribution in [3.8, 4) is 16.9 Å². The van der Waals surface area contributed by atoms with Crippen LogP contribution in [0.1, 0.15) is 24.4 Å². The van der Waals surface area contributed by atoms with Gasteiger partial charge < -0.3 is 15.0 Å². The third-order valence-electron chi connectivity index (χ3n) is 5.61. The van der Waals surface area contributed by atoms with Crippen LogP contribution in [0.2, 0.25) is 0 Å². The molecule has 8 heteroatoms. The smallest absolute Gasteiger partial charge is 0.326 e. The first-order valence-electron chi connectivity index (χ1n) is 9.49. The van der Waals surface area contributed by atoms with Crippen molar-refractivity contribution in [1.82, 2.24) is 29.5 Å². The molecule has 0 aliphatic carbocycles. The van der Waals surface area contributed by atoms with Crippen LogP contribution in [-0.2, 0) is 0 Å². The van der Waals surface area contributed by atoms with Crippen LogP contribution in [0.3, 0.4) is 0 Å². The fourth-order valence-corrected chi connectivity index (χ4v) is 4.21. The first kappa shape index (κ1) is 17.0. The molecule has 0 radical (unpaired) electrons. The molecule has 1 saturated heterocycles. The SMILES string of the molecule is COc1cc(-c2cc3[nH]c(=O)n(C4CCNCC4)c3cc2C)cn2ncnc12. The Morgan fingerprint density at radius 1 is 1.21 bits per heavy atom. The summed E-state index contributed by atoms with van der Waals surface area (Å²) in [5.74, 6) is 0.662. The van der Waals surface area contributed by atoms with Crippen molar-refractivity contribution in [2.24, 2.45) is 0 Å². The first-order chi connectivity index (χ1) is 13.7. The quantitative estimate of drug-likeness (QED) is 0.571. The molecule has 0 amide bonds. The lowest BCUT2D eigenvalue weighted by Gasteiger charge is -2.24. The van der Waals surface area contributed by atoms with Gasteiger partial charge in [0.25, 0.3) is 0 Å². The second kappa shape index (κ2) is 6.49. The van der Waals surface area contributed by atoms with E-state index < -0.39 is 0 Å². The molecule has 0 saturated carbocycles. The molecule has 5 rings (SSSR count). The Labute approximate surface area is 161 Å². The van der Waals surface area contributed by atoms with Gasteiger partial charge in [-0.25, -0.2) is 14.3 Å². The van der Waals surface area contributed by atoms with Crippen LogP contribution in [0.25, 0.3) is 27.8 Å². The van der Waals surface area contributed by atoms with E-state index in [1.807, 2.05) is 22.9 Å². The molecule has 0 unspecified atom stereocenters. The number of ether oxygens (including phenoxy) is 1. The van der Waals surface area contributed by atoms with E-state index in [1.54, 1.807) is 11.6 Å². The Morgan fingerprint density at radius 2 is 2.04 bits per heavy atom. The van der Waals surface area contributed by atoms with Gasteiger partial charge in [-0.3, -0.25) is 4.57 Å². The van der Waals surface area contributed by atoms with Crippen molar-refractivity contribution in [1.29, 1.82) is 0 Å². The summed E-state index contributed by atoms with van der Waals surface area (Å²) in [6, 6.07) is 6.34. The molecular formula is C20H22N6O2. The van der Waals surface area contributed by atoms with Crippen LogP contribution in [0.15, 0.2) is 35.5 Å². The molecule has 1 aliphatic heterocycles. The second-order valence-electron chi connectivity index (χ2n) is 7.29. The highest BCUT2D eigenvalue weighted by molar-refractivity contribution is 5.85. The van der Waals surface area contributed by atoms with Gasteiger partial charge in [0.1, 0.15) is 6.33 Å². The van der Waals surface area contributed by atoms with Crippen molar-refractivity contribution < 1.29 is 4.74 Å². The summed E-state index contributed by atoms with van der Waals surface area (Å²) >= 11 is 0. The van der Waals surface area contributed by atoms with Gasteiger partial charge >= 0.3 is 5.69 Å². The number of fused-ring (bicyclic) bond motifs is 2.